The van der Waals surface area contributed by atoms with Gasteiger partial charge < -0.3 is 5.32 Å². The van der Waals surface area contributed by atoms with Crippen molar-refractivity contribution in [2.24, 2.45) is 0 Å². The van der Waals surface area contributed by atoms with Gasteiger partial charge >= 0.3 is 0 Å². The summed E-state index contributed by atoms with van der Waals surface area (Å²) < 4.78 is 25.3. The van der Waals surface area contributed by atoms with Crippen molar-refractivity contribution in [3.63, 3.8) is 0 Å². The molecule has 1 N–H and O–H groups in total. The molecule has 1 aliphatic carbocycles. The minimum atomic E-state index is -3.43. The molecule has 0 aliphatic heterocycles. The first-order valence-electron chi connectivity index (χ1n) is 8.99. The van der Waals surface area contributed by atoms with E-state index in [9.17, 15) is 13.2 Å². The Morgan fingerprint density at radius 1 is 1.27 bits per heavy atom. The molecule has 1 aromatic carbocycles. The van der Waals surface area contributed by atoms with Crippen LogP contribution < -0.4 is 5.32 Å². The summed E-state index contributed by atoms with van der Waals surface area (Å²) in [7, 11) is -3.43. The predicted molar refractivity (Wildman–Crippen MR) is 106 cm³/mol. The summed E-state index contributed by atoms with van der Waals surface area (Å²) in [6, 6.07) is 7.13. The molecule has 26 heavy (non-hydrogen) atoms. The predicted octanol–water partition coefficient (Wildman–Crippen LogP) is 3.50. The summed E-state index contributed by atoms with van der Waals surface area (Å²) in [5.41, 5.74) is 2.14. The van der Waals surface area contributed by atoms with Gasteiger partial charge in [0.05, 0.1) is 6.26 Å². The van der Waals surface area contributed by atoms with E-state index in [4.69, 9.17) is 11.6 Å². The molecule has 0 fully saturated rings. The Morgan fingerprint density at radius 2 is 2.04 bits per heavy atom. The number of rotatable bonds is 9. The molecular formula is C19H27ClN2O3S. The lowest BCUT2D eigenvalue weighted by atomic mass is 9.97. The molecule has 0 heterocycles. The fourth-order valence-electron chi connectivity index (χ4n) is 2.99. The Labute approximate surface area is 161 Å². The topological polar surface area (TPSA) is 66.5 Å². The molecule has 1 aliphatic rings. The molecular weight excluding hydrogens is 372 g/mol. The zero-order valence-electron chi connectivity index (χ0n) is 15.2. The summed E-state index contributed by atoms with van der Waals surface area (Å²) in [5, 5.41) is 3.40. The summed E-state index contributed by atoms with van der Waals surface area (Å²) in [4.78, 5) is 12.1. The van der Waals surface area contributed by atoms with Gasteiger partial charge in [0, 0.05) is 31.1 Å². The third-order valence-corrected chi connectivity index (χ3v) is 6.13. The Hall–Kier alpha value is -1.37. The highest BCUT2D eigenvalue weighted by Gasteiger charge is 2.19. The highest BCUT2D eigenvalue weighted by atomic mass is 35.5. The molecule has 144 valence electrons. The van der Waals surface area contributed by atoms with Crippen LogP contribution in [0.1, 0.15) is 44.1 Å². The number of nitrogens with one attached hydrogen (secondary N) is 1. The molecule has 0 atom stereocenters. The molecule has 0 aromatic heterocycles. The zero-order valence-corrected chi connectivity index (χ0v) is 16.8. The minimum absolute atomic E-state index is 0.130. The summed E-state index contributed by atoms with van der Waals surface area (Å²) in [6.07, 6.45) is 9.16. The van der Waals surface area contributed by atoms with E-state index in [-0.39, 0.29) is 25.4 Å². The largest absolute Gasteiger partial charge is 0.356 e. The number of amides is 1. The molecule has 7 heteroatoms. The fourth-order valence-corrected chi connectivity index (χ4v) is 3.98. The van der Waals surface area contributed by atoms with Crippen LogP contribution in [-0.4, -0.2) is 38.0 Å². The van der Waals surface area contributed by atoms with Gasteiger partial charge in [0.15, 0.2) is 0 Å². The monoisotopic (exact) mass is 398 g/mol. The van der Waals surface area contributed by atoms with Crippen LogP contribution in [0.3, 0.4) is 0 Å². The van der Waals surface area contributed by atoms with Crippen molar-refractivity contribution < 1.29 is 13.2 Å². The Morgan fingerprint density at radius 3 is 2.69 bits per heavy atom. The third kappa shape index (κ3) is 7.09. The van der Waals surface area contributed by atoms with Gasteiger partial charge in [0.25, 0.3) is 0 Å². The lowest BCUT2D eigenvalue weighted by Crippen LogP contribution is -2.34. The normalized spacial score (nSPS) is 15.0. The Kier molecular flexibility index (Phi) is 8.13. The number of halogens is 1. The van der Waals surface area contributed by atoms with E-state index in [1.165, 1.54) is 22.7 Å². The van der Waals surface area contributed by atoms with Crippen LogP contribution in [0.5, 0.6) is 0 Å². The fraction of sp³-hybridized carbons (Fsp3) is 0.526. The average molecular weight is 399 g/mol. The van der Waals surface area contributed by atoms with Crippen LogP contribution in [0.25, 0.3) is 0 Å². The number of allylic oxidation sites excluding steroid dienone is 1. The standard InChI is InChI=1S/C19H27ClN2O3S/c1-26(24,25)22(15-17-9-5-6-10-18(17)20)14-12-19(23)21-13-11-16-7-3-2-4-8-16/h5-7,9-10H,2-4,8,11-15H2,1H3,(H,21,23). The number of carbonyl (C=O) groups excluding carboxylic acids is 1. The van der Waals surface area contributed by atoms with E-state index in [1.54, 1.807) is 18.2 Å². The first-order chi connectivity index (χ1) is 12.4. The Balaban J connectivity index is 1.82. The smallest absolute Gasteiger partial charge is 0.221 e. The molecule has 0 saturated carbocycles. The van der Waals surface area contributed by atoms with Gasteiger partial charge in [-0.2, -0.15) is 4.31 Å². The maximum Gasteiger partial charge on any atom is 0.221 e. The third-order valence-electron chi connectivity index (χ3n) is 4.52. The summed E-state index contributed by atoms with van der Waals surface area (Å²) >= 11 is 6.12. The van der Waals surface area contributed by atoms with E-state index < -0.39 is 10.0 Å². The molecule has 0 spiro atoms. The molecule has 0 unspecified atom stereocenters. The number of benzene rings is 1. The number of nitrogens with zero attached hydrogens (tertiary/aromatic N) is 1. The average Bonchev–Trinajstić information content (AvgIpc) is 2.60. The first-order valence-corrected chi connectivity index (χ1v) is 11.2. The summed E-state index contributed by atoms with van der Waals surface area (Å²) in [5.74, 6) is -0.130. The van der Waals surface area contributed by atoms with Crippen molar-refractivity contribution in [1.29, 1.82) is 0 Å². The molecule has 0 bridgehead atoms. The number of sulfonamides is 1. The van der Waals surface area contributed by atoms with Crippen molar-refractivity contribution >= 4 is 27.5 Å². The first kappa shape index (κ1) is 20.9. The van der Waals surface area contributed by atoms with Crippen molar-refractivity contribution in [3.05, 3.63) is 46.5 Å². The van der Waals surface area contributed by atoms with Crippen LogP contribution in [0.15, 0.2) is 35.9 Å². The zero-order chi connectivity index (χ0) is 19.0. The van der Waals surface area contributed by atoms with Gasteiger partial charge in [0.2, 0.25) is 15.9 Å². The lowest BCUT2D eigenvalue weighted by molar-refractivity contribution is -0.121. The lowest BCUT2D eigenvalue weighted by Gasteiger charge is -2.20. The van der Waals surface area contributed by atoms with Gasteiger partial charge in [-0.15, -0.1) is 0 Å². The van der Waals surface area contributed by atoms with Gasteiger partial charge in [0.1, 0.15) is 0 Å². The second-order valence-corrected chi connectivity index (χ2v) is 9.04. The van der Waals surface area contributed by atoms with Crippen LogP contribution >= 0.6 is 11.6 Å². The summed E-state index contributed by atoms with van der Waals surface area (Å²) in [6.45, 7) is 0.908. The van der Waals surface area contributed by atoms with Crippen molar-refractivity contribution in [1.82, 2.24) is 9.62 Å². The van der Waals surface area contributed by atoms with Gasteiger partial charge in [-0.25, -0.2) is 8.42 Å². The van der Waals surface area contributed by atoms with E-state index >= 15 is 0 Å². The second-order valence-electron chi connectivity index (χ2n) is 6.65. The van der Waals surface area contributed by atoms with Crippen LogP contribution in [0, 0.1) is 0 Å². The molecule has 0 radical (unpaired) electrons. The van der Waals surface area contributed by atoms with Crippen LogP contribution in [-0.2, 0) is 21.4 Å². The number of hydrogen-bond donors (Lipinski definition) is 1. The van der Waals surface area contributed by atoms with Gasteiger partial charge in [-0.3, -0.25) is 4.79 Å². The van der Waals surface area contributed by atoms with Crippen LogP contribution in [0.2, 0.25) is 5.02 Å². The minimum Gasteiger partial charge on any atom is -0.356 e. The SMILES string of the molecule is CS(=O)(=O)N(CCC(=O)NCCC1=CCCCC1)Cc1ccccc1Cl. The van der Waals surface area contributed by atoms with Crippen molar-refractivity contribution in [2.45, 2.75) is 45.1 Å². The highest BCUT2D eigenvalue weighted by Crippen LogP contribution is 2.20. The number of carbonyl (C=O) groups is 1. The molecule has 1 aromatic rings. The van der Waals surface area contributed by atoms with E-state index in [2.05, 4.69) is 11.4 Å². The van der Waals surface area contributed by atoms with E-state index in [0.29, 0.717) is 11.6 Å². The second kappa shape index (κ2) is 10.1. The van der Waals surface area contributed by atoms with E-state index in [1.807, 2.05) is 6.07 Å². The molecule has 0 saturated heterocycles. The molecule has 5 nitrogen and oxygen atoms in total. The highest BCUT2D eigenvalue weighted by molar-refractivity contribution is 7.88. The maximum atomic E-state index is 12.1. The van der Waals surface area contributed by atoms with Gasteiger partial charge in [-0.1, -0.05) is 41.4 Å². The maximum absolute atomic E-state index is 12.1. The van der Waals surface area contributed by atoms with Gasteiger partial charge in [-0.05, 0) is 43.7 Å². The molecule has 1 amide bonds. The van der Waals surface area contributed by atoms with Crippen molar-refractivity contribution in [2.75, 3.05) is 19.3 Å². The quantitative estimate of drug-likeness (QED) is 0.647. The van der Waals surface area contributed by atoms with Crippen LogP contribution in [0.4, 0.5) is 0 Å². The molecule has 2 rings (SSSR count). The van der Waals surface area contributed by atoms with Crippen molar-refractivity contribution in [3.8, 4) is 0 Å². The number of hydrogen-bond acceptors (Lipinski definition) is 3. The van der Waals surface area contributed by atoms with E-state index in [0.717, 1.165) is 31.1 Å². The Bertz CT molecular complexity index is 747.